The van der Waals surface area contributed by atoms with Crippen LogP contribution in [0.15, 0.2) is 113 Å². The number of anilines is 1. The van der Waals surface area contributed by atoms with Crippen molar-refractivity contribution in [2.75, 3.05) is 51.2 Å². The number of carbonyl (C=O) groups is 1. The first kappa shape index (κ1) is 52.3. The van der Waals surface area contributed by atoms with Crippen LogP contribution in [0.1, 0.15) is 84.6 Å². The van der Waals surface area contributed by atoms with E-state index in [0.717, 1.165) is 39.9 Å². The zero-order valence-corrected chi connectivity index (χ0v) is 42.6. The van der Waals surface area contributed by atoms with Crippen LogP contribution in [0.4, 0.5) is 11.4 Å². The molecule has 15 nitrogen and oxygen atoms in total. The summed E-state index contributed by atoms with van der Waals surface area (Å²) in [6.45, 7) is 11.1. The third kappa shape index (κ3) is 10.0. The Hall–Kier alpha value is -5.57. The number of hydrogen-bond donors (Lipinski definition) is 4. The second kappa shape index (κ2) is 19.9. The van der Waals surface area contributed by atoms with Gasteiger partial charge in [0.15, 0.2) is 5.71 Å². The summed E-state index contributed by atoms with van der Waals surface area (Å²) >= 11 is 0. The smallest absolute Gasteiger partial charge is 0.335 e. The van der Waals surface area contributed by atoms with Crippen LogP contribution in [0.3, 0.4) is 0 Å². The molecule has 0 spiro atoms. The molecule has 7 rings (SSSR count). The second-order valence-electron chi connectivity index (χ2n) is 18.4. The highest BCUT2D eigenvalue weighted by Gasteiger charge is 2.49. The molecule has 0 fully saturated rings. The highest BCUT2D eigenvalue weighted by Crippen LogP contribution is 2.53. The summed E-state index contributed by atoms with van der Waals surface area (Å²) in [5.41, 5.74) is 5.88. The van der Waals surface area contributed by atoms with Crippen molar-refractivity contribution in [3.63, 3.8) is 0 Å². The van der Waals surface area contributed by atoms with Crippen LogP contribution < -0.4 is 4.90 Å². The molecule has 0 amide bonds. The van der Waals surface area contributed by atoms with Gasteiger partial charge in [-0.1, -0.05) is 37.3 Å². The monoisotopic (exact) mass is 1020 g/mol. The number of aromatic carboxylic acids is 1. The average Bonchev–Trinajstić information content (AvgIpc) is 3.67. The molecule has 2 atom stereocenters. The molecule has 2 aliphatic heterocycles. The van der Waals surface area contributed by atoms with Crippen molar-refractivity contribution < 1.29 is 62.9 Å². The first-order valence-corrected chi connectivity index (χ1v) is 27.3. The zero-order valence-electron chi connectivity index (χ0n) is 40.2. The molecule has 0 saturated carbocycles. The highest BCUT2D eigenvalue weighted by molar-refractivity contribution is 7.86. The molecule has 2 heterocycles. The number of nitrogens with zero attached hydrogens (tertiary/aromatic N) is 2. The molecular weight excluding hydrogens is 957 g/mol. The van der Waals surface area contributed by atoms with Crippen molar-refractivity contribution in [1.29, 1.82) is 0 Å². The third-order valence-electron chi connectivity index (χ3n) is 13.7. The molecule has 2 aliphatic rings. The third-order valence-corrected chi connectivity index (χ3v) is 16.3. The van der Waals surface area contributed by atoms with E-state index >= 15 is 0 Å². The van der Waals surface area contributed by atoms with Gasteiger partial charge in [0.1, 0.15) is 11.4 Å². The number of carboxylic acid groups (broad SMARTS) is 1. The molecule has 0 aromatic heterocycles. The molecule has 70 heavy (non-hydrogen) atoms. The Morgan fingerprint density at radius 2 is 1.44 bits per heavy atom. The van der Waals surface area contributed by atoms with Gasteiger partial charge in [0.05, 0.1) is 21.6 Å². The zero-order chi connectivity index (χ0) is 51.1. The molecule has 18 heteroatoms. The number of ether oxygens (including phenoxy) is 2. The minimum atomic E-state index is -4.65. The van der Waals surface area contributed by atoms with Crippen LogP contribution in [0, 0.1) is 13.8 Å². The maximum Gasteiger partial charge on any atom is 0.335 e. The van der Waals surface area contributed by atoms with Crippen LogP contribution in [0.5, 0.6) is 0 Å². The summed E-state index contributed by atoms with van der Waals surface area (Å²) < 4.78 is 118. The first-order valence-electron chi connectivity index (χ1n) is 22.8. The van der Waals surface area contributed by atoms with Crippen LogP contribution in [0.25, 0.3) is 27.1 Å². The van der Waals surface area contributed by atoms with Crippen molar-refractivity contribution in [3.05, 3.63) is 136 Å². The Kier molecular flexibility index (Phi) is 14.9. The minimum Gasteiger partial charge on any atom is -0.478 e. The lowest BCUT2D eigenvalue weighted by Crippen LogP contribution is -2.33. The van der Waals surface area contributed by atoms with Gasteiger partial charge in [0.25, 0.3) is 30.4 Å². The van der Waals surface area contributed by atoms with Gasteiger partial charge in [-0.2, -0.15) is 29.8 Å². The minimum absolute atomic E-state index is 0.0248. The number of benzene rings is 5. The molecule has 0 aliphatic carbocycles. The molecular formula is C52H59N2O13S3+. The van der Waals surface area contributed by atoms with Crippen molar-refractivity contribution in [2.45, 2.75) is 80.9 Å². The molecule has 5 aromatic rings. The standard InChI is InChI=1S/C52H58N2O13S3/c1-8-25-53-42-19-14-35-13-17-38(69(60,61)62)32-41(35)49(42)52(5,24-28-67-7)45(53)21-15-36(47-33(2)30-37(50(55)56)31-34(47)3)16-22-46-51(4,23-27-66-6)48-40-11-9-12-44(70(63,64)65)39(40)18-20-43(48)54(46)26-10-29-68(57,58)59/h9,11-22,30-32H,8,10,23-29H2,1-7H3,(H3-,55,56,57,58,59,60,61,62,63,64,65)/p+1. The summed E-state index contributed by atoms with van der Waals surface area (Å²) in [6.07, 6.45) is 9.49. The van der Waals surface area contributed by atoms with E-state index in [1.807, 2.05) is 61.8 Å². The summed E-state index contributed by atoms with van der Waals surface area (Å²) in [4.78, 5) is 14.0. The van der Waals surface area contributed by atoms with Gasteiger partial charge in [-0.15, -0.1) is 0 Å². The van der Waals surface area contributed by atoms with E-state index in [2.05, 4.69) is 18.7 Å². The van der Waals surface area contributed by atoms with Crippen molar-refractivity contribution in [2.24, 2.45) is 0 Å². The van der Waals surface area contributed by atoms with Crippen LogP contribution in [0.2, 0.25) is 0 Å². The fourth-order valence-corrected chi connectivity index (χ4v) is 12.3. The van der Waals surface area contributed by atoms with Gasteiger partial charge < -0.3 is 19.5 Å². The van der Waals surface area contributed by atoms with E-state index in [1.165, 1.54) is 18.2 Å². The molecule has 372 valence electrons. The number of fused-ring (bicyclic) bond motifs is 6. The predicted molar refractivity (Wildman–Crippen MR) is 272 cm³/mol. The average molecular weight is 1020 g/mol. The molecule has 0 saturated heterocycles. The van der Waals surface area contributed by atoms with Crippen LogP contribution >= 0.6 is 0 Å². The van der Waals surface area contributed by atoms with Gasteiger partial charge in [0.2, 0.25) is 5.69 Å². The summed E-state index contributed by atoms with van der Waals surface area (Å²) in [7, 11) is -10.4. The van der Waals surface area contributed by atoms with E-state index in [9.17, 15) is 48.8 Å². The fourth-order valence-electron chi connectivity index (χ4n) is 10.6. The van der Waals surface area contributed by atoms with E-state index < -0.39 is 52.9 Å². The maximum absolute atomic E-state index is 12.7. The molecule has 5 aromatic carbocycles. The summed E-state index contributed by atoms with van der Waals surface area (Å²) in [6, 6.07) is 19.7. The number of aryl methyl sites for hydroxylation is 2. The van der Waals surface area contributed by atoms with E-state index in [0.29, 0.717) is 70.3 Å². The Bertz CT molecular complexity index is 3390. The summed E-state index contributed by atoms with van der Waals surface area (Å²) in [5.74, 6) is -1.61. The molecule has 0 radical (unpaired) electrons. The van der Waals surface area contributed by atoms with Crippen molar-refractivity contribution in [3.8, 4) is 0 Å². The quantitative estimate of drug-likeness (QED) is 0.0344. The molecule has 4 N–H and O–H groups in total. The number of rotatable bonds is 19. The van der Waals surface area contributed by atoms with Gasteiger partial charge in [0, 0.05) is 80.3 Å². The fraction of sp³-hybridized carbons (Fsp3) is 0.346. The lowest BCUT2D eigenvalue weighted by molar-refractivity contribution is -0.437. The Balaban J connectivity index is 1.52. The molecule has 0 bridgehead atoms. The Labute approximate surface area is 409 Å². The summed E-state index contributed by atoms with van der Waals surface area (Å²) in [5, 5.41) is 12.4. The van der Waals surface area contributed by atoms with Crippen LogP contribution in [-0.4, -0.2) is 107 Å². The number of methoxy groups -OCH3 is 2. The topological polar surface area (TPSA) is 225 Å². The lowest BCUT2D eigenvalue weighted by atomic mass is 9.74. The van der Waals surface area contributed by atoms with Crippen LogP contribution in [-0.2, 0) is 50.7 Å². The van der Waals surface area contributed by atoms with E-state index in [4.69, 9.17) is 9.47 Å². The normalized spacial score (nSPS) is 19.3. The van der Waals surface area contributed by atoms with E-state index in [1.54, 1.807) is 56.7 Å². The number of hydrogen-bond acceptors (Lipinski definition) is 10. The largest absolute Gasteiger partial charge is 0.478 e. The second-order valence-corrected chi connectivity index (χ2v) is 22.8. The lowest BCUT2D eigenvalue weighted by Gasteiger charge is -2.30. The maximum atomic E-state index is 12.7. The van der Waals surface area contributed by atoms with E-state index in [-0.39, 0.29) is 34.9 Å². The number of carboxylic acids is 1. The first-order chi connectivity index (χ1) is 32.9. The SMILES string of the molecule is CCCN1/C(=C/C=C(/C=C/C2=[N+](CCCS(=O)(=O)O)c3ccc4c(S(=O)(=O)O)cccc4c3C2(C)CCOC)c2c(C)cc(C(=O)O)cc2C)C(C)(CCOC)c2c1ccc1ccc(S(=O)(=O)O)cc21. The van der Waals surface area contributed by atoms with Crippen molar-refractivity contribution >= 4 is 80.5 Å². The predicted octanol–water partition coefficient (Wildman–Crippen LogP) is 9.22. The highest BCUT2D eigenvalue weighted by atomic mass is 32.2. The number of allylic oxidation sites excluding steroid dienone is 6. The molecule has 2 unspecified atom stereocenters. The van der Waals surface area contributed by atoms with Gasteiger partial charge in [-0.3, -0.25) is 13.7 Å². The van der Waals surface area contributed by atoms with Crippen molar-refractivity contribution in [1.82, 2.24) is 0 Å². The Morgan fingerprint density at radius 3 is 2.04 bits per heavy atom. The van der Waals surface area contributed by atoms with Gasteiger partial charge in [-0.25, -0.2) is 4.79 Å². The van der Waals surface area contributed by atoms with Gasteiger partial charge in [-0.05, 0) is 146 Å². The Morgan fingerprint density at radius 1 is 0.786 bits per heavy atom. The van der Waals surface area contributed by atoms with Gasteiger partial charge >= 0.3 is 5.97 Å².